The number of thiazole rings is 1. The highest BCUT2D eigenvalue weighted by molar-refractivity contribution is 7.07. The van der Waals surface area contributed by atoms with Gasteiger partial charge in [0.05, 0.1) is 11.2 Å². The zero-order valence-corrected chi connectivity index (χ0v) is 12.9. The molecule has 2 unspecified atom stereocenters. The van der Waals surface area contributed by atoms with Gasteiger partial charge in [0, 0.05) is 17.5 Å². The second-order valence-electron chi connectivity index (χ2n) is 6.01. The van der Waals surface area contributed by atoms with Gasteiger partial charge in [-0.3, -0.25) is 0 Å². The molecule has 0 aliphatic rings. The third-order valence-corrected chi connectivity index (χ3v) is 3.92. The molecule has 1 heterocycles. The fraction of sp³-hybridized carbons (Fsp3) is 0.438. The third-order valence-electron chi connectivity index (χ3n) is 3.31. The van der Waals surface area contributed by atoms with Crippen LogP contribution in [0.1, 0.15) is 51.0 Å². The summed E-state index contributed by atoms with van der Waals surface area (Å²) >= 11 is 1.65. The molecule has 0 aliphatic heterocycles. The first-order valence-electron chi connectivity index (χ1n) is 6.67. The van der Waals surface area contributed by atoms with E-state index >= 15 is 0 Å². The Kier molecular flexibility index (Phi) is 4.38. The van der Waals surface area contributed by atoms with Crippen LogP contribution in [0.15, 0.2) is 41.2 Å². The van der Waals surface area contributed by atoms with E-state index in [4.69, 9.17) is 0 Å². The molecule has 1 aromatic carbocycles. The molecule has 2 rings (SSSR count). The van der Waals surface area contributed by atoms with Crippen LogP contribution >= 0.6 is 11.3 Å². The molecule has 1 aromatic heterocycles. The molecule has 0 saturated carbocycles. The lowest BCUT2D eigenvalue weighted by atomic mass is 9.82. The van der Waals surface area contributed by atoms with Crippen molar-refractivity contribution in [1.82, 2.24) is 10.3 Å². The van der Waals surface area contributed by atoms with E-state index in [1.165, 1.54) is 5.56 Å². The fourth-order valence-electron chi connectivity index (χ4n) is 2.26. The number of aromatic nitrogens is 1. The summed E-state index contributed by atoms with van der Waals surface area (Å²) in [5.41, 5.74) is 4.50. The minimum absolute atomic E-state index is 0.158. The smallest absolute Gasteiger partial charge is 0.0795 e. The summed E-state index contributed by atoms with van der Waals surface area (Å²) in [6.07, 6.45) is 0. The quantitative estimate of drug-likeness (QED) is 0.882. The maximum atomic E-state index is 4.40. The molecule has 0 aliphatic carbocycles. The van der Waals surface area contributed by atoms with E-state index in [-0.39, 0.29) is 11.5 Å². The van der Waals surface area contributed by atoms with Crippen molar-refractivity contribution in [3.05, 3.63) is 52.5 Å². The Balaban J connectivity index is 2.20. The molecule has 0 saturated heterocycles. The van der Waals surface area contributed by atoms with Gasteiger partial charge < -0.3 is 5.32 Å². The van der Waals surface area contributed by atoms with Gasteiger partial charge in [0.2, 0.25) is 0 Å². The van der Waals surface area contributed by atoms with Crippen LogP contribution in [0.25, 0.3) is 0 Å². The first-order valence-corrected chi connectivity index (χ1v) is 7.62. The van der Waals surface area contributed by atoms with Gasteiger partial charge in [0.1, 0.15) is 0 Å². The molecule has 0 fully saturated rings. The highest BCUT2D eigenvalue weighted by Crippen LogP contribution is 2.34. The monoisotopic (exact) mass is 274 g/mol. The molecule has 0 amide bonds. The molecular formula is C16H22N2S. The zero-order valence-electron chi connectivity index (χ0n) is 12.1. The van der Waals surface area contributed by atoms with Crippen LogP contribution in [0.4, 0.5) is 0 Å². The van der Waals surface area contributed by atoms with E-state index in [1.54, 1.807) is 11.3 Å². The number of rotatable bonds is 4. The number of benzene rings is 1. The van der Waals surface area contributed by atoms with Crippen molar-refractivity contribution in [3.8, 4) is 0 Å². The van der Waals surface area contributed by atoms with Gasteiger partial charge in [-0.05, 0) is 17.9 Å². The molecule has 0 radical (unpaired) electrons. The highest BCUT2D eigenvalue weighted by Gasteiger charge is 2.27. The summed E-state index contributed by atoms with van der Waals surface area (Å²) in [6.45, 7) is 8.99. The summed E-state index contributed by atoms with van der Waals surface area (Å²) in [5.74, 6) is 0. The molecule has 19 heavy (non-hydrogen) atoms. The van der Waals surface area contributed by atoms with E-state index in [2.05, 4.69) is 73.7 Å². The number of nitrogens with zero attached hydrogens (tertiary/aromatic N) is 1. The molecule has 0 spiro atoms. The molecule has 102 valence electrons. The van der Waals surface area contributed by atoms with Crippen molar-refractivity contribution in [2.24, 2.45) is 5.41 Å². The number of nitrogens with one attached hydrogen (secondary N) is 1. The summed E-state index contributed by atoms with van der Waals surface area (Å²) in [7, 11) is 0. The van der Waals surface area contributed by atoms with Crippen LogP contribution in [-0.4, -0.2) is 4.98 Å². The predicted molar refractivity (Wildman–Crippen MR) is 82.3 cm³/mol. The Bertz CT molecular complexity index is 485. The molecule has 0 bridgehead atoms. The van der Waals surface area contributed by atoms with Gasteiger partial charge in [0.25, 0.3) is 0 Å². The third kappa shape index (κ3) is 3.64. The highest BCUT2D eigenvalue weighted by atomic mass is 32.1. The maximum absolute atomic E-state index is 4.40. The lowest BCUT2D eigenvalue weighted by Crippen LogP contribution is -2.34. The zero-order chi connectivity index (χ0) is 13.9. The fourth-order valence-corrected chi connectivity index (χ4v) is 2.91. The van der Waals surface area contributed by atoms with Gasteiger partial charge in [-0.1, -0.05) is 51.1 Å². The SMILES string of the molecule is CC(NC(c1ccccc1)C(C)(C)C)c1cscn1. The molecule has 2 nitrogen and oxygen atoms in total. The normalized spacial score (nSPS) is 15.2. The van der Waals surface area contributed by atoms with Crippen molar-refractivity contribution in [3.63, 3.8) is 0 Å². The minimum atomic E-state index is 0.158. The summed E-state index contributed by atoms with van der Waals surface area (Å²) in [6, 6.07) is 11.2. The van der Waals surface area contributed by atoms with Crippen molar-refractivity contribution < 1.29 is 0 Å². The maximum Gasteiger partial charge on any atom is 0.0795 e. The Morgan fingerprint density at radius 1 is 1.16 bits per heavy atom. The van der Waals surface area contributed by atoms with Crippen molar-refractivity contribution in [2.45, 2.75) is 39.8 Å². The molecule has 2 atom stereocenters. The summed E-state index contributed by atoms with van der Waals surface area (Å²) in [5, 5.41) is 5.83. The lowest BCUT2D eigenvalue weighted by Gasteiger charge is -2.34. The Labute approximate surface area is 119 Å². The van der Waals surface area contributed by atoms with Gasteiger partial charge in [0.15, 0.2) is 0 Å². The van der Waals surface area contributed by atoms with Crippen molar-refractivity contribution >= 4 is 11.3 Å². The second-order valence-corrected chi connectivity index (χ2v) is 6.73. The van der Waals surface area contributed by atoms with Gasteiger partial charge in [-0.15, -0.1) is 11.3 Å². The average Bonchev–Trinajstić information content (AvgIpc) is 2.89. The van der Waals surface area contributed by atoms with Crippen molar-refractivity contribution in [2.75, 3.05) is 0 Å². The van der Waals surface area contributed by atoms with Crippen molar-refractivity contribution in [1.29, 1.82) is 0 Å². The number of hydrogen-bond donors (Lipinski definition) is 1. The van der Waals surface area contributed by atoms with Crippen LogP contribution in [0.2, 0.25) is 0 Å². The Morgan fingerprint density at radius 3 is 2.37 bits per heavy atom. The Hall–Kier alpha value is -1.19. The van der Waals surface area contributed by atoms with Crippen LogP contribution < -0.4 is 5.32 Å². The van der Waals surface area contributed by atoms with Gasteiger partial charge in [-0.25, -0.2) is 4.98 Å². The van der Waals surface area contributed by atoms with Gasteiger partial charge >= 0.3 is 0 Å². The summed E-state index contributed by atoms with van der Waals surface area (Å²) in [4.78, 5) is 4.40. The second kappa shape index (κ2) is 5.85. The lowest BCUT2D eigenvalue weighted by molar-refractivity contribution is 0.253. The largest absolute Gasteiger partial charge is 0.301 e. The summed E-state index contributed by atoms with van der Waals surface area (Å²) < 4.78 is 0. The van der Waals surface area contributed by atoms with E-state index in [0.29, 0.717) is 6.04 Å². The average molecular weight is 274 g/mol. The molecular weight excluding hydrogens is 252 g/mol. The Morgan fingerprint density at radius 2 is 1.84 bits per heavy atom. The van der Waals surface area contributed by atoms with Crippen LogP contribution in [0.3, 0.4) is 0 Å². The topological polar surface area (TPSA) is 24.9 Å². The minimum Gasteiger partial charge on any atom is -0.301 e. The van der Waals surface area contributed by atoms with E-state index < -0.39 is 0 Å². The van der Waals surface area contributed by atoms with E-state index in [0.717, 1.165) is 5.69 Å². The van der Waals surface area contributed by atoms with Crippen LogP contribution in [0, 0.1) is 5.41 Å². The first-order chi connectivity index (χ1) is 8.98. The molecule has 2 aromatic rings. The van der Waals surface area contributed by atoms with Crippen LogP contribution in [-0.2, 0) is 0 Å². The van der Waals surface area contributed by atoms with E-state index in [9.17, 15) is 0 Å². The molecule has 3 heteroatoms. The van der Waals surface area contributed by atoms with E-state index in [1.807, 2.05) is 5.51 Å². The number of hydrogen-bond acceptors (Lipinski definition) is 3. The molecule has 1 N–H and O–H groups in total. The van der Waals surface area contributed by atoms with Crippen LogP contribution in [0.5, 0.6) is 0 Å². The standard InChI is InChI=1S/C16H22N2S/c1-12(14-10-19-11-17-14)18-15(16(2,3)4)13-8-6-5-7-9-13/h5-12,15,18H,1-4H3. The predicted octanol–water partition coefficient (Wildman–Crippen LogP) is 4.58. The first kappa shape index (κ1) is 14.2. The van der Waals surface area contributed by atoms with Gasteiger partial charge in [-0.2, -0.15) is 0 Å².